The summed E-state index contributed by atoms with van der Waals surface area (Å²) in [5.74, 6) is 1.09. The fourth-order valence-corrected chi connectivity index (χ4v) is 2.82. The molecule has 25 heavy (non-hydrogen) atoms. The second-order valence-corrected chi connectivity index (χ2v) is 6.10. The summed E-state index contributed by atoms with van der Waals surface area (Å²) >= 11 is 0. The Hall–Kier alpha value is -1.95. The fourth-order valence-electron chi connectivity index (χ4n) is 2.82. The van der Waals surface area contributed by atoms with Gasteiger partial charge in [0.05, 0.1) is 26.4 Å². The molecule has 0 saturated carbocycles. The first-order valence-corrected chi connectivity index (χ1v) is 8.97. The van der Waals surface area contributed by atoms with Crippen LogP contribution in [0.3, 0.4) is 0 Å². The van der Waals surface area contributed by atoms with E-state index in [9.17, 15) is 4.79 Å². The fraction of sp³-hybridized carbons (Fsp3) is 0.632. The van der Waals surface area contributed by atoms with Crippen LogP contribution in [0.5, 0.6) is 17.2 Å². The highest BCUT2D eigenvalue weighted by atomic mass is 16.5. The molecule has 1 saturated heterocycles. The topological polar surface area (TPSA) is 57.2 Å². The quantitative estimate of drug-likeness (QED) is 0.477. The van der Waals surface area contributed by atoms with Gasteiger partial charge in [0.2, 0.25) is 5.75 Å². The Morgan fingerprint density at radius 1 is 1.08 bits per heavy atom. The summed E-state index contributed by atoms with van der Waals surface area (Å²) in [5, 5.41) is 0. The van der Waals surface area contributed by atoms with E-state index in [4.69, 9.17) is 18.9 Å². The molecule has 0 bridgehead atoms. The number of carbonyl (C=O) groups excluding carboxylic acids is 1. The second kappa shape index (κ2) is 10.1. The predicted octanol–water partition coefficient (Wildman–Crippen LogP) is 3.14. The first-order valence-electron chi connectivity index (χ1n) is 8.97. The number of likely N-dealkylation sites (tertiary alicyclic amines) is 1. The summed E-state index contributed by atoms with van der Waals surface area (Å²) in [4.78, 5) is 14.6. The molecule has 6 nitrogen and oxygen atoms in total. The van der Waals surface area contributed by atoms with Crippen LogP contribution in [0.4, 0.5) is 0 Å². The monoisotopic (exact) mass is 351 g/mol. The minimum absolute atomic E-state index is 0.379. The van der Waals surface area contributed by atoms with Gasteiger partial charge in [0.1, 0.15) is 6.61 Å². The number of rotatable bonds is 10. The Bertz CT molecular complexity index is 530. The van der Waals surface area contributed by atoms with Crippen LogP contribution >= 0.6 is 0 Å². The summed E-state index contributed by atoms with van der Waals surface area (Å²) in [6.07, 6.45) is 4.42. The van der Waals surface area contributed by atoms with Gasteiger partial charge in [-0.15, -0.1) is 0 Å². The highest BCUT2D eigenvalue weighted by Crippen LogP contribution is 2.38. The summed E-state index contributed by atoms with van der Waals surface area (Å²) < 4.78 is 21.9. The lowest BCUT2D eigenvalue weighted by molar-refractivity contribution is 0.0471. The van der Waals surface area contributed by atoms with Crippen molar-refractivity contribution in [3.63, 3.8) is 0 Å². The minimum atomic E-state index is -0.379. The van der Waals surface area contributed by atoms with Crippen LogP contribution in [0.2, 0.25) is 0 Å². The minimum Gasteiger partial charge on any atom is -0.493 e. The Kier molecular flexibility index (Phi) is 7.85. The van der Waals surface area contributed by atoms with Crippen molar-refractivity contribution in [1.82, 2.24) is 4.90 Å². The molecule has 0 atom stereocenters. The normalized spacial score (nSPS) is 14.4. The van der Waals surface area contributed by atoms with E-state index in [0.717, 1.165) is 32.5 Å². The van der Waals surface area contributed by atoms with Gasteiger partial charge in [-0.3, -0.25) is 4.90 Å². The number of benzene rings is 1. The third kappa shape index (κ3) is 5.53. The summed E-state index contributed by atoms with van der Waals surface area (Å²) in [5.41, 5.74) is 0.401. The Balaban J connectivity index is 2.02. The molecule has 1 fully saturated rings. The summed E-state index contributed by atoms with van der Waals surface area (Å²) in [6, 6.07) is 3.28. The van der Waals surface area contributed by atoms with E-state index in [0.29, 0.717) is 36.0 Å². The van der Waals surface area contributed by atoms with Crippen LogP contribution in [-0.4, -0.2) is 57.9 Å². The molecular formula is C19H29NO5. The van der Waals surface area contributed by atoms with Crippen molar-refractivity contribution >= 4 is 5.97 Å². The molecule has 1 heterocycles. The van der Waals surface area contributed by atoms with Crippen LogP contribution in [0.15, 0.2) is 12.1 Å². The average molecular weight is 351 g/mol. The zero-order valence-electron chi connectivity index (χ0n) is 15.5. The molecule has 0 unspecified atom stereocenters. The van der Waals surface area contributed by atoms with E-state index in [2.05, 4.69) is 11.8 Å². The van der Waals surface area contributed by atoms with Gasteiger partial charge >= 0.3 is 5.97 Å². The Morgan fingerprint density at radius 2 is 1.72 bits per heavy atom. The van der Waals surface area contributed by atoms with Gasteiger partial charge < -0.3 is 18.9 Å². The van der Waals surface area contributed by atoms with E-state index in [1.807, 2.05) is 0 Å². The summed E-state index contributed by atoms with van der Waals surface area (Å²) in [6.45, 7) is 6.00. The molecule has 0 radical (unpaired) electrons. The molecule has 1 aromatic carbocycles. The van der Waals surface area contributed by atoms with E-state index >= 15 is 0 Å². The van der Waals surface area contributed by atoms with Gasteiger partial charge in [-0.2, -0.15) is 0 Å². The van der Waals surface area contributed by atoms with Crippen molar-refractivity contribution in [2.75, 3.05) is 47.1 Å². The number of esters is 1. The highest BCUT2D eigenvalue weighted by molar-refractivity contribution is 5.91. The molecule has 0 aliphatic carbocycles. The molecule has 0 aromatic heterocycles. The molecule has 2 rings (SSSR count). The van der Waals surface area contributed by atoms with E-state index in [-0.39, 0.29) is 5.97 Å². The number of hydrogen-bond donors (Lipinski definition) is 0. The van der Waals surface area contributed by atoms with Crippen LogP contribution in [-0.2, 0) is 4.74 Å². The van der Waals surface area contributed by atoms with Crippen molar-refractivity contribution in [1.29, 1.82) is 0 Å². The first kappa shape index (κ1) is 19.4. The van der Waals surface area contributed by atoms with Crippen LogP contribution in [0.1, 0.15) is 43.0 Å². The molecule has 6 heteroatoms. The van der Waals surface area contributed by atoms with Crippen molar-refractivity contribution < 1.29 is 23.7 Å². The van der Waals surface area contributed by atoms with Crippen molar-refractivity contribution in [3.8, 4) is 17.2 Å². The molecule has 1 aliphatic rings. The number of nitrogens with zero attached hydrogens (tertiary/aromatic N) is 1. The van der Waals surface area contributed by atoms with Crippen LogP contribution in [0.25, 0.3) is 0 Å². The highest BCUT2D eigenvalue weighted by Gasteiger charge is 2.19. The van der Waals surface area contributed by atoms with Gasteiger partial charge in [-0.25, -0.2) is 4.79 Å². The Morgan fingerprint density at radius 3 is 2.28 bits per heavy atom. The predicted molar refractivity (Wildman–Crippen MR) is 95.9 cm³/mol. The zero-order valence-corrected chi connectivity index (χ0v) is 15.5. The van der Waals surface area contributed by atoms with Crippen molar-refractivity contribution in [3.05, 3.63) is 17.7 Å². The number of ether oxygens (including phenoxy) is 4. The maximum absolute atomic E-state index is 12.3. The zero-order chi connectivity index (χ0) is 18.1. The first-order chi connectivity index (χ1) is 12.2. The molecule has 140 valence electrons. The third-order valence-corrected chi connectivity index (χ3v) is 4.28. The van der Waals surface area contributed by atoms with Gasteiger partial charge in [0, 0.05) is 6.54 Å². The SMILES string of the molecule is CCCCOc1c(OC)cc(C(=O)OCCN2CCCC2)cc1OC. The molecule has 0 spiro atoms. The summed E-state index contributed by atoms with van der Waals surface area (Å²) in [7, 11) is 3.09. The molecule has 0 N–H and O–H groups in total. The maximum atomic E-state index is 12.3. The van der Waals surface area contributed by atoms with Gasteiger partial charge in [-0.1, -0.05) is 13.3 Å². The number of carbonyl (C=O) groups is 1. The maximum Gasteiger partial charge on any atom is 0.338 e. The standard InChI is InChI=1S/C19H29NO5/c1-4-5-11-24-18-16(22-2)13-15(14-17(18)23-3)19(21)25-12-10-20-8-6-7-9-20/h13-14H,4-12H2,1-3H3. The number of methoxy groups -OCH3 is 2. The Labute approximate surface area is 150 Å². The van der Waals surface area contributed by atoms with Gasteiger partial charge in [-0.05, 0) is 44.5 Å². The smallest absolute Gasteiger partial charge is 0.338 e. The third-order valence-electron chi connectivity index (χ3n) is 4.28. The lowest BCUT2D eigenvalue weighted by Gasteiger charge is -2.17. The number of unbranched alkanes of at least 4 members (excludes halogenated alkanes) is 1. The van der Waals surface area contributed by atoms with Crippen molar-refractivity contribution in [2.45, 2.75) is 32.6 Å². The van der Waals surface area contributed by atoms with Crippen LogP contribution < -0.4 is 14.2 Å². The molecule has 0 amide bonds. The van der Waals surface area contributed by atoms with Crippen LogP contribution in [0, 0.1) is 0 Å². The second-order valence-electron chi connectivity index (χ2n) is 6.10. The average Bonchev–Trinajstić information content (AvgIpc) is 3.15. The molecule has 1 aliphatic heterocycles. The van der Waals surface area contributed by atoms with Gasteiger partial charge in [0.15, 0.2) is 11.5 Å². The van der Waals surface area contributed by atoms with Crippen molar-refractivity contribution in [2.24, 2.45) is 0 Å². The lowest BCUT2D eigenvalue weighted by atomic mass is 10.2. The molecule has 1 aromatic rings. The van der Waals surface area contributed by atoms with E-state index in [1.165, 1.54) is 12.8 Å². The van der Waals surface area contributed by atoms with E-state index < -0.39 is 0 Å². The largest absolute Gasteiger partial charge is 0.493 e. The van der Waals surface area contributed by atoms with Gasteiger partial charge in [0.25, 0.3) is 0 Å². The molecular weight excluding hydrogens is 322 g/mol. The lowest BCUT2D eigenvalue weighted by Crippen LogP contribution is -2.25. The number of hydrogen-bond acceptors (Lipinski definition) is 6. The van der Waals surface area contributed by atoms with E-state index in [1.54, 1.807) is 26.4 Å².